The summed E-state index contributed by atoms with van der Waals surface area (Å²) in [5, 5.41) is 5.99. The van der Waals surface area contributed by atoms with Gasteiger partial charge < -0.3 is 14.6 Å². The Morgan fingerprint density at radius 2 is 2.58 bits per heavy atom. The van der Waals surface area contributed by atoms with Crippen LogP contribution < -0.4 is 5.32 Å². The van der Waals surface area contributed by atoms with E-state index < -0.39 is 0 Å². The average Bonchev–Trinajstić information content (AvgIpc) is 2.50. The second kappa shape index (κ2) is 4.45. The zero-order chi connectivity index (χ0) is 8.81. The van der Waals surface area contributed by atoms with Crippen LogP contribution in [0.4, 0.5) is 0 Å². The van der Waals surface area contributed by atoms with Crippen LogP contribution in [0.5, 0.6) is 0 Å². The summed E-state index contributed by atoms with van der Waals surface area (Å²) in [6, 6.07) is 0. The van der Waals surface area contributed by atoms with E-state index in [1.807, 2.05) is 0 Å². The minimum atomic E-state index is 0.250. The Morgan fingerprint density at radius 1 is 1.75 bits per heavy atom. The van der Waals surface area contributed by atoms with Gasteiger partial charge in [0.2, 0.25) is 12.3 Å². The quantitative estimate of drug-likeness (QED) is 0.602. The van der Waals surface area contributed by atoms with Crippen molar-refractivity contribution < 1.29 is 14.1 Å². The fourth-order valence-corrected chi connectivity index (χ4v) is 0.679. The number of hydrogen-bond donors (Lipinski definition) is 1. The van der Waals surface area contributed by atoms with Crippen LogP contribution in [0.15, 0.2) is 4.52 Å². The topological polar surface area (TPSA) is 77.3 Å². The predicted octanol–water partition coefficient (Wildman–Crippen LogP) is -0.538. The summed E-state index contributed by atoms with van der Waals surface area (Å²) in [7, 11) is 1.54. The minimum Gasteiger partial charge on any atom is -0.377 e. The van der Waals surface area contributed by atoms with Crippen molar-refractivity contribution in [2.45, 2.75) is 13.2 Å². The van der Waals surface area contributed by atoms with Gasteiger partial charge in [0.05, 0.1) is 6.54 Å². The van der Waals surface area contributed by atoms with Crippen LogP contribution in [-0.2, 0) is 22.7 Å². The van der Waals surface area contributed by atoms with E-state index in [1.54, 1.807) is 7.11 Å². The van der Waals surface area contributed by atoms with Gasteiger partial charge in [-0.05, 0) is 0 Å². The molecular formula is C6H9N3O3. The zero-order valence-corrected chi connectivity index (χ0v) is 6.61. The molecular weight excluding hydrogens is 162 g/mol. The number of hydrogen-bond acceptors (Lipinski definition) is 5. The summed E-state index contributed by atoms with van der Waals surface area (Å²) >= 11 is 0. The molecule has 0 aliphatic carbocycles. The van der Waals surface area contributed by atoms with Crippen LogP contribution in [0.3, 0.4) is 0 Å². The third-order valence-corrected chi connectivity index (χ3v) is 1.12. The van der Waals surface area contributed by atoms with Crippen LogP contribution in [0, 0.1) is 0 Å². The molecule has 0 unspecified atom stereocenters. The van der Waals surface area contributed by atoms with Crippen LogP contribution in [-0.4, -0.2) is 23.7 Å². The summed E-state index contributed by atoms with van der Waals surface area (Å²) in [6.07, 6.45) is 0.570. The maximum atomic E-state index is 9.89. The third-order valence-electron chi connectivity index (χ3n) is 1.12. The maximum absolute atomic E-state index is 9.89. The summed E-state index contributed by atoms with van der Waals surface area (Å²) in [5.74, 6) is 0.842. The lowest BCUT2D eigenvalue weighted by Gasteiger charge is -1.88. The monoisotopic (exact) mass is 171 g/mol. The molecule has 1 rings (SSSR count). The predicted molar refractivity (Wildman–Crippen MR) is 37.9 cm³/mol. The molecule has 0 atom stereocenters. The Labute approximate surface area is 68.9 Å². The average molecular weight is 171 g/mol. The van der Waals surface area contributed by atoms with Gasteiger partial charge in [-0.2, -0.15) is 4.98 Å². The Morgan fingerprint density at radius 3 is 3.25 bits per heavy atom. The van der Waals surface area contributed by atoms with Gasteiger partial charge in [-0.25, -0.2) is 0 Å². The normalized spacial score (nSPS) is 9.75. The van der Waals surface area contributed by atoms with Crippen LogP contribution >= 0.6 is 0 Å². The molecule has 6 nitrogen and oxygen atoms in total. The van der Waals surface area contributed by atoms with E-state index in [9.17, 15) is 4.79 Å². The van der Waals surface area contributed by atoms with E-state index in [-0.39, 0.29) is 6.54 Å². The van der Waals surface area contributed by atoms with Gasteiger partial charge in [-0.1, -0.05) is 5.16 Å². The van der Waals surface area contributed by atoms with E-state index in [4.69, 9.17) is 9.26 Å². The molecule has 12 heavy (non-hydrogen) atoms. The number of carbonyl (C=O) groups excluding carboxylic acids is 1. The highest BCUT2D eigenvalue weighted by atomic mass is 16.5. The van der Waals surface area contributed by atoms with Gasteiger partial charge in [0.1, 0.15) is 6.61 Å². The number of nitrogens with one attached hydrogen (secondary N) is 1. The van der Waals surface area contributed by atoms with Crippen LogP contribution in [0.1, 0.15) is 11.7 Å². The first-order valence-electron chi connectivity index (χ1n) is 3.34. The molecule has 0 spiro atoms. The number of ether oxygens (including phenoxy) is 1. The van der Waals surface area contributed by atoms with Crippen molar-refractivity contribution in [1.82, 2.24) is 15.5 Å². The molecule has 0 aliphatic heterocycles. The molecule has 0 saturated carbocycles. The first-order valence-corrected chi connectivity index (χ1v) is 3.34. The van der Waals surface area contributed by atoms with Gasteiger partial charge in [0.25, 0.3) is 0 Å². The van der Waals surface area contributed by atoms with Gasteiger partial charge in [-0.15, -0.1) is 0 Å². The number of amides is 1. The Kier molecular flexibility index (Phi) is 3.21. The smallest absolute Gasteiger partial charge is 0.246 e. The largest absolute Gasteiger partial charge is 0.377 e. The Bertz CT molecular complexity index is 248. The van der Waals surface area contributed by atoms with Crippen molar-refractivity contribution in [3.8, 4) is 0 Å². The Balaban J connectivity index is 2.46. The summed E-state index contributed by atoms with van der Waals surface area (Å²) in [6.45, 7) is 0.560. The zero-order valence-electron chi connectivity index (χ0n) is 6.61. The van der Waals surface area contributed by atoms with Crippen LogP contribution in [0.25, 0.3) is 0 Å². The highest BCUT2D eigenvalue weighted by Gasteiger charge is 2.03. The van der Waals surface area contributed by atoms with Crippen molar-refractivity contribution in [3.63, 3.8) is 0 Å². The van der Waals surface area contributed by atoms with Gasteiger partial charge >= 0.3 is 0 Å². The van der Waals surface area contributed by atoms with Crippen molar-refractivity contribution in [3.05, 3.63) is 11.7 Å². The molecule has 0 radical (unpaired) electrons. The van der Waals surface area contributed by atoms with E-state index in [2.05, 4.69) is 15.5 Å². The molecule has 1 aromatic rings. The second-order valence-corrected chi connectivity index (χ2v) is 2.04. The summed E-state index contributed by atoms with van der Waals surface area (Å²) < 4.78 is 9.53. The van der Waals surface area contributed by atoms with Crippen LogP contribution in [0.2, 0.25) is 0 Å². The Hall–Kier alpha value is -1.43. The minimum absolute atomic E-state index is 0.250. The molecule has 6 heteroatoms. The maximum Gasteiger partial charge on any atom is 0.246 e. The van der Waals surface area contributed by atoms with E-state index >= 15 is 0 Å². The molecule has 0 aromatic carbocycles. The number of rotatable bonds is 5. The number of methoxy groups -OCH3 is 1. The lowest BCUT2D eigenvalue weighted by molar-refractivity contribution is -0.109. The fraction of sp³-hybridized carbons (Fsp3) is 0.500. The molecule has 1 N–H and O–H groups in total. The molecule has 0 bridgehead atoms. The SMILES string of the molecule is COCc1noc(CNC=O)n1. The highest BCUT2D eigenvalue weighted by Crippen LogP contribution is 1.97. The van der Waals surface area contributed by atoms with Gasteiger partial charge in [-0.3, -0.25) is 4.79 Å². The first kappa shape index (κ1) is 8.66. The standard InChI is InChI=1S/C6H9N3O3/c1-11-3-5-8-6(12-9-5)2-7-4-10/h4H,2-3H2,1H3,(H,7,10). The third kappa shape index (κ3) is 2.31. The number of carbonyl (C=O) groups is 1. The van der Waals surface area contributed by atoms with E-state index in [1.165, 1.54) is 0 Å². The molecule has 0 saturated heterocycles. The molecule has 0 fully saturated rings. The number of nitrogens with zero attached hydrogens (tertiary/aromatic N) is 2. The molecule has 1 heterocycles. The van der Waals surface area contributed by atoms with Crippen molar-refractivity contribution in [2.24, 2.45) is 0 Å². The lowest BCUT2D eigenvalue weighted by atomic mass is 10.6. The fourth-order valence-electron chi connectivity index (χ4n) is 0.679. The van der Waals surface area contributed by atoms with E-state index in [0.717, 1.165) is 0 Å². The lowest BCUT2D eigenvalue weighted by Crippen LogP contribution is -2.09. The van der Waals surface area contributed by atoms with Gasteiger partial charge in [0, 0.05) is 7.11 Å². The molecule has 1 aromatic heterocycles. The molecule has 66 valence electrons. The summed E-state index contributed by atoms with van der Waals surface area (Å²) in [4.78, 5) is 13.8. The first-order chi connectivity index (χ1) is 5.86. The van der Waals surface area contributed by atoms with Crippen molar-refractivity contribution in [1.29, 1.82) is 0 Å². The molecule has 1 amide bonds. The van der Waals surface area contributed by atoms with E-state index in [0.29, 0.717) is 24.7 Å². The second-order valence-electron chi connectivity index (χ2n) is 2.04. The highest BCUT2D eigenvalue weighted by molar-refractivity contribution is 5.45. The summed E-state index contributed by atoms with van der Waals surface area (Å²) in [5.41, 5.74) is 0. The van der Waals surface area contributed by atoms with Gasteiger partial charge in [0.15, 0.2) is 5.82 Å². The van der Waals surface area contributed by atoms with Crippen molar-refractivity contribution >= 4 is 6.41 Å². The number of aromatic nitrogens is 2. The molecule has 0 aliphatic rings. The van der Waals surface area contributed by atoms with Crippen molar-refractivity contribution in [2.75, 3.05) is 7.11 Å².